The average molecular weight is 530 g/mol. The number of β-amino-alcohol motifs (C(OH)–C–C–N with tert-alkyl or cyclic N) is 1. The van der Waals surface area contributed by atoms with Crippen LogP contribution in [0.25, 0.3) is 0 Å². The van der Waals surface area contributed by atoms with Crippen LogP contribution >= 0.6 is 45.2 Å². The second kappa shape index (κ2) is 8.65. The van der Waals surface area contributed by atoms with Crippen LogP contribution < -0.4 is 5.32 Å². The highest BCUT2D eigenvalue weighted by Gasteiger charge is 2.17. The Hall–Kier alpha value is -0.130. The number of phenols is 1. The van der Waals surface area contributed by atoms with Crippen molar-refractivity contribution in [3.8, 4) is 5.75 Å². The molecule has 0 saturated carbocycles. The van der Waals surface area contributed by atoms with Gasteiger partial charge in [-0.05, 0) is 89.7 Å². The molecule has 1 aromatic rings. The van der Waals surface area contributed by atoms with E-state index in [2.05, 4.69) is 32.8 Å². The Morgan fingerprint density at radius 1 is 1.41 bits per heavy atom. The van der Waals surface area contributed by atoms with Crippen molar-refractivity contribution >= 4 is 51.1 Å². The predicted octanol–water partition coefficient (Wildman–Crippen LogP) is 2.18. The van der Waals surface area contributed by atoms with Crippen molar-refractivity contribution in [2.75, 3.05) is 26.2 Å². The minimum Gasteiger partial charge on any atom is -0.506 e. The number of likely N-dealkylation sites (tertiary alicyclic amines) is 1. The molecule has 1 fully saturated rings. The molecule has 1 unspecified atom stereocenters. The van der Waals surface area contributed by atoms with Gasteiger partial charge in [-0.2, -0.15) is 0 Å². The molecule has 7 heteroatoms. The molecule has 1 aliphatic heterocycles. The van der Waals surface area contributed by atoms with Crippen LogP contribution in [0.4, 0.5) is 0 Å². The fraction of sp³-hybridized carbons (Fsp3) is 0.533. The number of nitrogens with zero attached hydrogens (tertiary/aromatic N) is 1. The lowest BCUT2D eigenvalue weighted by atomic mass is 10.1. The number of hydrogen-bond donors (Lipinski definition) is 3. The highest BCUT2D eigenvalue weighted by atomic mass is 127. The molecule has 3 N–H and O–H groups in total. The molecule has 0 aromatic heterocycles. The fourth-order valence-corrected chi connectivity index (χ4v) is 4.42. The summed E-state index contributed by atoms with van der Waals surface area (Å²) in [5.41, 5.74) is 0.324. The Morgan fingerprint density at radius 3 is 2.91 bits per heavy atom. The van der Waals surface area contributed by atoms with E-state index < -0.39 is 0 Å². The first-order valence-corrected chi connectivity index (χ1v) is 9.49. The monoisotopic (exact) mass is 530 g/mol. The third kappa shape index (κ3) is 5.20. The third-order valence-electron chi connectivity index (χ3n) is 3.69. The Balaban J connectivity index is 1.78. The lowest BCUT2D eigenvalue weighted by Crippen LogP contribution is -2.39. The van der Waals surface area contributed by atoms with Crippen LogP contribution in [-0.2, 0) is 0 Å². The summed E-state index contributed by atoms with van der Waals surface area (Å²) in [6, 6.07) is 3.52. The number of rotatable bonds is 5. The molecule has 1 heterocycles. The van der Waals surface area contributed by atoms with Crippen molar-refractivity contribution in [3.05, 3.63) is 24.8 Å². The normalized spacial score (nSPS) is 19.1. The van der Waals surface area contributed by atoms with E-state index in [0.29, 0.717) is 15.7 Å². The summed E-state index contributed by atoms with van der Waals surface area (Å²) in [4.78, 5) is 14.4. The number of halogens is 2. The molecule has 22 heavy (non-hydrogen) atoms. The number of amides is 1. The summed E-state index contributed by atoms with van der Waals surface area (Å²) in [5.74, 6) is -0.203. The molecule has 0 radical (unpaired) electrons. The summed E-state index contributed by atoms with van der Waals surface area (Å²) in [6.45, 7) is 3.17. The number of aromatic hydroxyl groups is 1. The van der Waals surface area contributed by atoms with Gasteiger partial charge in [-0.15, -0.1) is 0 Å². The number of aliphatic hydroxyl groups excluding tert-OH is 1. The van der Waals surface area contributed by atoms with Gasteiger partial charge in [0.1, 0.15) is 5.75 Å². The van der Waals surface area contributed by atoms with Crippen LogP contribution in [0.15, 0.2) is 12.1 Å². The molecular weight excluding hydrogens is 510 g/mol. The Morgan fingerprint density at radius 2 is 2.18 bits per heavy atom. The van der Waals surface area contributed by atoms with Crippen molar-refractivity contribution in [3.63, 3.8) is 0 Å². The second-order valence-electron chi connectivity index (χ2n) is 5.49. The maximum Gasteiger partial charge on any atom is 0.255 e. The lowest BCUT2D eigenvalue weighted by molar-refractivity contribution is 0.0697. The van der Waals surface area contributed by atoms with Crippen molar-refractivity contribution < 1.29 is 15.0 Å². The molecule has 1 aromatic carbocycles. The van der Waals surface area contributed by atoms with E-state index in [1.807, 2.05) is 28.7 Å². The Bertz CT molecular complexity index is 540. The van der Waals surface area contributed by atoms with E-state index in [0.717, 1.165) is 42.5 Å². The fourth-order valence-electron chi connectivity index (χ4n) is 2.57. The van der Waals surface area contributed by atoms with Gasteiger partial charge in [-0.3, -0.25) is 4.79 Å². The van der Waals surface area contributed by atoms with E-state index in [1.54, 1.807) is 6.07 Å². The average Bonchev–Trinajstić information content (AvgIpc) is 2.47. The summed E-state index contributed by atoms with van der Waals surface area (Å²) in [7, 11) is 0. The third-order valence-corrected chi connectivity index (χ3v) is 5.14. The van der Waals surface area contributed by atoms with Gasteiger partial charge < -0.3 is 20.4 Å². The first-order chi connectivity index (χ1) is 10.5. The molecule has 2 rings (SSSR count). The zero-order valence-electron chi connectivity index (χ0n) is 12.2. The van der Waals surface area contributed by atoms with Crippen molar-refractivity contribution in [1.29, 1.82) is 0 Å². The maximum absolute atomic E-state index is 12.1. The van der Waals surface area contributed by atoms with Crippen LogP contribution in [0.2, 0.25) is 0 Å². The van der Waals surface area contributed by atoms with Gasteiger partial charge in [0.05, 0.1) is 15.2 Å². The van der Waals surface area contributed by atoms with Gasteiger partial charge in [-0.25, -0.2) is 0 Å². The standard InChI is InChI=1S/C15H20I2N2O3/c16-10-7-12(14(21)13(17)8-10)15(22)18-4-2-6-19-5-1-3-11(20)9-19/h7-8,11,20-21H,1-6,9H2,(H,18,22). The van der Waals surface area contributed by atoms with Crippen LogP contribution in [-0.4, -0.2) is 53.3 Å². The van der Waals surface area contributed by atoms with Crippen LogP contribution in [0, 0.1) is 7.14 Å². The summed E-state index contributed by atoms with van der Waals surface area (Å²) in [6.07, 6.45) is 2.54. The van der Waals surface area contributed by atoms with Gasteiger partial charge >= 0.3 is 0 Å². The predicted molar refractivity (Wildman–Crippen MR) is 102 cm³/mol. The number of hydrogen-bond acceptors (Lipinski definition) is 4. The Labute approximate surface area is 157 Å². The lowest BCUT2D eigenvalue weighted by Gasteiger charge is -2.29. The molecule has 1 atom stereocenters. The number of carbonyl (C=O) groups excluding carboxylic acids is 1. The van der Waals surface area contributed by atoms with E-state index in [-0.39, 0.29) is 17.8 Å². The molecule has 0 spiro atoms. The Kier molecular flexibility index (Phi) is 7.16. The minimum atomic E-state index is -0.243. The second-order valence-corrected chi connectivity index (χ2v) is 7.90. The number of benzene rings is 1. The van der Waals surface area contributed by atoms with E-state index in [9.17, 15) is 15.0 Å². The van der Waals surface area contributed by atoms with Gasteiger partial charge in [0.15, 0.2) is 0 Å². The zero-order valence-corrected chi connectivity index (χ0v) is 16.5. The molecule has 1 amide bonds. The van der Waals surface area contributed by atoms with Crippen molar-refractivity contribution in [1.82, 2.24) is 10.2 Å². The summed E-state index contributed by atoms with van der Waals surface area (Å²) >= 11 is 4.15. The summed E-state index contributed by atoms with van der Waals surface area (Å²) < 4.78 is 1.60. The first kappa shape index (κ1) is 18.2. The van der Waals surface area contributed by atoms with E-state index in [4.69, 9.17) is 0 Å². The largest absolute Gasteiger partial charge is 0.506 e. The van der Waals surface area contributed by atoms with E-state index in [1.165, 1.54) is 0 Å². The molecule has 1 aliphatic rings. The smallest absolute Gasteiger partial charge is 0.255 e. The van der Waals surface area contributed by atoms with E-state index >= 15 is 0 Å². The summed E-state index contributed by atoms with van der Waals surface area (Å²) in [5, 5.41) is 22.4. The van der Waals surface area contributed by atoms with Crippen LogP contribution in [0.5, 0.6) is 5.75 Å². The minimum absolute atomic E-state index is 0.0395. The van der Waals surface area contributed by atoms with Gasteiger partial charge in [0.25, 0.3) is 5.91 Å². The SMILES string of the molecule is O=C(NCCCN1CCCC(O)C1)c1cc(I)cc(I)c1O. The van der Waals surface area contributed by atoms with Gasteiger partial charge in [0.2, 0.25) is 0 Å². The molecule has 0 aliphatic carbocycles. The van der Waals surface area contributed by atoms with Crippen LogP contribution in [0.3, 0.4) is 0 Å². The number of aliphatic hydroxyl groups is 1. The molecule has 1 saturated heterocycles. The molecule has 0 bridgehead atoms. The number of piperidine rings is 1. The quantitative estimate of drug-likeness (QED) is 0.404. The zero-order chi connectivity index (χ0) is 16.1. The highest BCUT2D eigenvalue weighted by molar-refractivity contribution is 14.1. The number of carbonyl (C=O) groups is 1. The van der Waals surface area contributed by atoms with Crippen molar-refractivity contribution in [2.24, 2.45) is 0 Å². The molecule has 122 valence electrons. The molecular formula is C15H20I2N2O3. The van der Waals surface area contributed by atoms with Gasteiger partial charge in [-0.1, -0.05) is 0 Å². The van der Waals surface area contributed by atoms with Gasteiger partial charge in [0, 0.05) is 16.7 Å². The van der Waals surface area contributed by atoms with Crippen LogP contribution in [0.1, 0.15) is 29.6 Å². The highest BCUT2D eigenvalue weighted by Crippen LogP contribution is 2.26. The maximum atomic E-state index is 12.1. The number of phenolic OH excluding ortho intramolecular Hbond substituents is 1. The first-order valence-electron chi connectivity index (χ1n) is 7.34. The molecule has 5 nitrogen and oxygen atoms in total. The number of nitrogens with one attached hydrogen (secondary N) is 1. The topological polar surface area (TPSA) is 72.8 Å². The van der Waals surface area contributed by atoms with Crippen molar-refractivity contribution in [2.45, 2.75) is 25.4 Å².